The van der Waals surface area contributed by atoms with E-state index in [1.54, 1.807) is 6.07 Å². The van der Waals surface area contributed by atoms with Crippen molar-refractivity contribution in [3.63, 3.8) is 0 Å². The minimum atomic E-state index is -2.76. The molecule has 0 spiro atoms. The summed E-state index contributed by atoms with van der Waals surface area (Å²) in [5.41, 5.74) is 0.0456. The topological polar surface area (TPSA) is 64.7 Å². The van der Waals surface area contributed by atoms with Crippen LogP contribution in [0.5, 0.6) is 0 Å². The molecule has 0 radical (unpaired) electrons. The number of hydrogen-bond donors (Lipinski definition) is 1. The van der Waals surface area contributed by atoms with Crippen LogP contribution in [0.4, 0.5) is 14.6 Å². The number of rotatable bonds is 4. The average Bonchev–Trinajstić information content (AvgIpc) is 3.23. The van der Waals surface area contributed by atoms with Gasteiger partial charge in [-0.2, -0.15) is 19.0 Å². The van der Waals surface area contributed by atoms with Gasteiger partial charge in [0.05, 0.1) is 5.54 Å². The van der Waals surface area contributed by atoms with E-state index in [2.05, 4.69) is 15.5 Å². The largest absolute Gasteiger partial charge is 0.333 e. The van der Waals surface area contributed by atoms with Crippen LogP contribution in [0.1, 0.15) is 55.6 Å². The van der Waals surface area contributed by atoms with Crippen molar-refractivity contribution in [2.45, 2.75) is 50.6 Å². The highest BCUT2D eigenvalue weighted by molar-refractivity contribution is 6.02. The molecule has 4 bridgehead atoms. The SMILES string of the molecule is O=C(Nc1ccn(C23CC4CC(CC(C4)C2)C3)n1)c1ccn(C(F)F)n1. The lowest BCUT2D eigenvalue weighted by atomic mass is 9.53. The second-order valence-corrected chi connectivity index (χ2v) is 8.20. The molecule has 0 unspecified atom stereocenters. The molecule has 2 aromatic rings. The van der Waals surface area contributed by atoms with Crippen LogP contribution < -0.4 is 5.32 Å². The second kappa shape index (κ2) is 5.62. The first kappa shape index (κ1) is 16.0. The average molecular weight is 361 g/mol. The summed E-state index contributed by atoms with van der Waals surface area (Å²) < 4.78 is 27.7. The molecule has 6 nitrogen and oxygen atoms in total. The van der Waals surface area contributed by atoms with Gasteiger partial charge in [-0.15, -0.1) is 0 Å². The third kappa shape index (κ3) is 2.54. The molecule has 4 fully saturated rings. The lowest BCUT2D eigenvalue weighted by Crippen LogP contribution is -2.52. The molecule has 2 heterocycles. The zero-order valence-corrected chi connectivity index (χ0v) is 14.3. The fraction of sp³-hybridized carbons (Fsp3) is 0.611. The molecule has 8 heteroatoms. The van der Waals surface area contributed by atoms with E-state index in [1.165, 1.54) is 44.6 Å². The van der Waals surface area contributed by atoms with Crippen molar-refractivity contribution in [2.24, 2.45) is 17.8 Å². The summed E-state index contributed by atoms with van der Waals surface area (Å²) in [5.74, 6) is 2.34. The molecule has 0 atom stereocenters. The summed E-state index contributed by atoms with van der Waals surface area (Å²) in [5, 5.41) is 10.9. The molecule has 4 aliphatic rings. The minimum Gasteiger partial charge on any atom is -0.304 e. The standard InChI is InChI=1S/C18H21F2N5O/c19-17(20)24-3-1-14(22-24)16(26)21-15-2-4-25(23-15)18-8-11-5-12(9-18)7-13(6-11)10-18/h1-4,11-13,17H,5-10H2,(H,21,23,26). The molecule has 6 rings (SSSR count). The maximum atomic E-state index is 12.6. The lowest BCUT2D eigenvalue weighted by molar-refractivity contribution is -0.0492. The van der Waals surface area contributed by atoms with E-state index >= 15 is 0 Å². The highest BCUT2D eigenvalue weighted by Gasteiger charge is 2.52. The third-order valence-corrected chi connectivity index (χ3v) is 6.36. The Hall–Kier alpha value is -2.25. The number of amides is 1. The summed E-state index contributed by atoms with van der Waals surface area (Å²) in [6.45, 7) is -2.76. The number of aromatic nitrogens is 4. The molecule has 0 aromatic carbocycles. The predicted octanol–water partition coefficient (Wildman–Crippen LogP) is 3.65. The fourth-order valence-electron chi connectivity index (χ4n) is 5.75. The number of anilines is 1. The zero-order valence-electron chi connectivity index (χ0n) is 14.3. The maximum Gasteiger partial charge on any atom is 0.333 e. The smallest absolute Gasteiger partial charge is 0.304 e. The van der Waals surface area contributed by atoms with Crippen LogP contribution >= 0.6 is 0 Å². The van der Waals surface area contributed by atoms with Crippen LogP contribution in [0.2, 0.25) is 0 Å². The Morgan fingerprint density at radius 2 is 1.73 bits per heavy atom. The van der Waals surface area contributed by atoms with Crippen molar-refractivity contribution in [2.75, 3.05) is 5.32 Å². The molecule has 0 saturated heterocycles. The van der Waals surface area contributed by atoms with Gasteiger partial charge in [-0.25, -0.2) is 4.68 Å². The predicted molar refractivity (Wildman–Crippen MR) is 89.8 cm³/mol. The van der Waals surface area contributed by atoms with E-state index in [9.17, 15) is 13.6 Å². The van der Waals surface area contributed by atoms with Gasteiger partial charge in [0.2, 0.25) is 0 Å². The van der Waals surface area contributed by atoms with E-state index in [1.807, 2.05) is 10.9 Å². The number of nitrogens with one attached hydrogen (secondary N) is 1. The Bertz CT molecular complexity index is 807. The Morgan fingerprint density at radius 3 is 2.31 bits per heavy atom. The van der Waals surface area contributed by atoms with Gasteiger partial charge in [0.25, 0.3) is 5.91 Å². The first-order chi connectivity index (χ1) is 12.5. The molecule has 138 valence electrons. The quantitative estimate of drug-likeness (QED) is 0.904. The van der Waals surface area contributed by atoms with Crippen molar-refractivity contribution < 1.29 is 13.6 Å². The van der Waals surface area contributed by atoms with Gasteiger partial charge in [0, 0.05) is 18.5 Å². The summed E-state index contributed by atoms with van der Waals surface area (Å²) in [4.78, 5) is 12.2. The summed E-state index contributed by atoms with van der Waals surface area (Å²) in [7, 11) is 0. The first-order valence-electron chi connectivity index (χ1n) is 9.21. The highest BCUT2D eigenvalue weighted by Crippen LogP contribution is 2.58. The molecule has 2 aromatic heterocycles. The monoisotopic (exact) mass is 361 g/mol. The van der Waals surface area contributed by atoms with Crippen molar-refractivity contribution in [3.8, 4) is 0 Å². The van der Waals surface area contributed by atoms with Crippen LogP contribution in [-0.2, 0) is 5.54 Å². The molecule has 1 amide bonds. The van der Waals surface area contributed by atoms with Gasteiger partial charge in [-0.05, 0) is 62.3 Å². The highest BCUT2D eigenvalue weighted by atomic mass is 19.3. The van der Waals surface area contributed by atoms with Crippen LogP contribution in [-0.4, -0.2) is 25.5 Å². The molecular weight excluding hydrogens is 340 g/mol. The zero-order chi connectivity index (χ0) is 17.9. The summed E-state index contributed by atoms with van der Waals surface area (Å²) in [6, 6.07) is 3.05. The van der Waals surface area contributed by atoms with Crippen LogP contribution in [0.3, 0.4) is 0 Å². The van der Waals surface area contributed by atoms with Crippen LogP contribution in [0.25, 0.3) is 0 Å². The molecular formula is C18H21F2N5O. The Kier molecular flexibility index (Phi) is 3.45. The molecule has 0 aliphatic heterocycles. The number of nitrogens with zero attached hydrogens (tertiary/aromatic N) is 4. The Labute approximate surface area is 149 Å². The maximum absolute atomic E-state index is 12.6. The Morgan fingerprint density at radius 1 is 1.08 bits per heavy atom. The van der Waals surface area contributed by atoms with Gasteiger partial charge >= 0.3 is 6.55 Å². The lowest BCUT2D eigenvalue weighted by Gasteiger charge is -2.56. The van der Waals surface area contributed by atoms with E-state index in [4.69, 9.17) is 0 Å². The summed E-state index contributed by atoms with van der Waals surface area (Å²) >= 11 is 0. The first-order valence-corrected chi connectivity index (χ1v) is 9.21. The molecule has 1 N–H and O–H groups in total. The van der Waals surface area contributed by atoms with Gasteiger partial charge in [0.1, 0.15) is 0 Å². The summed E-state index contributed by atoms with van der Waals surface area (Å²) in [6.07, 6.45) is 10.6. The number of carbonyl (C=O) groups is 1. The van der Waals surface area contributed by atoms with Crippen LogP contribution in [0, 0.1) is 17.8 Å². The number of hydrogen-bond acceptors (Lipinski definition) is 3. The van der Waals surface area contributed by atoms with E-state index < -0.39 is 12.5 Å². The number of halogens is 2. The van der Waals surface area contributed by atoms with Crippen molar-refractivity contribution in [1.82, 2.24) is 19.6 Å². The molecule has 26 heavy (non-hydrogen) atoms. The van der Waals surface area contributed by atoms with E-state index in [-0.39, 0.29) is 11.2 Å². The van der Waals surface area contributed by atoms with Crippen molar-refractivity contribution in [1.29, 1.82) is 0 Å². The van der Waals surface area contributed by atoms with E-state index in [0.717, 1.165) is 24.0 Å². The number of alkyl halides is 2. The Balaban J connectivity index is 1.33. The van der Waals surface area contributed by atoms with Crippen molar-refractivity contribution in [3.05, 3.63) is 30.2 Å². The van der Waals surface area contributed by atoms with E-state index in [0.29, 0.717) is 10.5 Å². The van der Waals surface area contributed by atoms with Crippen LogP contribution in [0.15, 0.2) is 24.5 Å². The fourth-order valence-corrected chi connectivity index (χ4v) is 5.75. The van der Waals surface area contributed by atoms with Crippen molar-refractivity contribution >= 4 is 11.7 Å². The normalized spacial score (nSPS) is 32.3. The molecule has 4 saturated carbocycles. The van der Waals surface area contributed by atoms with Gasteiger partial charge in [-0.1, -0.05) is 0 Å². The third-order valence-electron chi connectivity index (χ3n) is 6.36. The van der Waals surface area contributed by atoms with Gasteiger partial charge in [-0.3, -0.25) is 9.48 Å². The second-order valence-electron chi connectivity index (χ2n) is 8.20. The number of carbonyl (C=O) groups excluding carboxylic acids is 1. The van der Waals surface area contributed by atoms with Gasteiger partial charge < -0.3 is 5.32 Å². The van der Waals surface area contributed by atoms with Gasteiger partial charge in [0.15, 0.2) is 11.5 Å². The molecule has 4 aliphatic carbocycles. The minimum absolute atomic E-state index is 0.0466.